The summed E-state index contributed by atoms with van der Waals surface area (Å²) in [6.45, 7) is -0.198. The van der Waals surface area contributed by atoms with Crippen LogP contribution in [0.4, 0.5) is 11.4 Å². The van der Waals surface area contributed by atoms with Gasteiger partial charge in [-0.15, -0.1) is 0 Å². The third-order valence-corrected chi connectivity index (χ3v) is 7.36. The van der Waals surface area contributed by atoms with Crippen LogP contribution < -0.4 is 10.3 Å². The molecule has 1 aliphatic rings. The molecule has 0 bridgehead atoms. The summed E-state index contributed by atoms with van der Waals surface area (Å²) >= 11 is 0. The van der Waals surface area contributed by atoms with E-state index in [0.717, 1.165) is 50.8 Å². The summed E-state index contributed by atoms with van der Waals surface area (Å²) in [7, 11) is 0. The zero-order valence-corrected chi connectivity index (χ0v) is 20.5. The Bertz CT molecular complexity index is 1940. The molecular formula is C32H22BN5. The van der Waals surface area contributed by atoms with E-state index in [-0.39, 0.29) is 6.98 Å². The van der Waals surface area contributed by atoms with Crippen LogP contribution in [0.3, 0.4) is 0 Å². The number of aromatic nitrogens is 4. The molecule has 0 spiro atoms. The normalized spacial score (nSPS) is 12.6. The smallest absolute Gasteiger partial charge is 0.360 e. The van der Waals surface area contributed by atoms with Gasteiger partial charge < -0.3 is 9.29 Å². The molecule has 0 saturated heterocycles. The molecule has 0 atom stereocenters. The minimum atomic E-state index is -0.198. The van der Waals surface area contributed by atoms with E-state index in [9.17, 15) is 0 Å². The second-order valence-corrected chi connectivity index (χ2v) is 9.53. The molecule has 0 N–H and O–H groups in total. The highest BCUT2D eigenvalue weighted by molar-refractivity contribution is 6.77. The van der Waals surface area contributed by atoms with Gasteiger partial charge in [0.15, 0.2) is 11.6 Å². The number of fused-ring (bicyclic) bond motifs is 9. The molecule has 5 nitrogen and oxygen atoms in total. The zero-order chi connectivity index (χ0) is 25.1. The molecule has 0 saturated carbocycles. The third-order valence-electron chi connectivity index (χ3n) is 7.36. The van der Waals surface area contributed by atoms with Crippen LogP contribution in [-0.4, -0.2) is 26.0 Å². The summed E-state index contributed by atoms with van der Waals surface area (Å²) < 4.78 is 4.62. The van der Waals surface area contributed by atoms with Gasteiger partial charge >= 0.3 is 6.98 Å². The fourth-order valence-corrected chi connectivity index (χ4v) is 5.77. The lowest BCUT2D eigenvalue weighted by Crippen LogP contribution is -2.53. The van der Waals surface area contributed by atoms with Crippen LogP contribution in [-0.2, 0) is 0 Å². The van der Waals surface area contributed by atoms with Crippen LogP contribution in [0.15, 0.2) is 133 Å². The Balaban J connectivity index is 1.60. The second-order valence-electron chi connectivity index (χ2n) is 9.53. The van der Waals surface area contributed by atoms with E-state index in [2.05, 4.69) is 135 Å². The van der Waals surface area contributed by atoms with Gasteiger partial charge in [0.25, 0.3) is 0 Å². The molecule has 7 aromatic rings. The maximum Gasteiger partial charge on any atom is 0.422 e. The standard InChI is InChI=1S/C32H22BN5/c1-3-13-23(14-4-1)33-37(24-15-5-2-6-16-24)30-22-12-11-21-29(30)36-27-19-9-7-17-25(27)34-31(36)32-35-26-18-8-10-20-28(26)38(32)33/h1-22H. The topological polar surface area (TPSA) is 38.9 Å². The maximum atomic E-state index is 5.22. The molecule has 38 heavy (non-hydrogen) atoms. The number of benzene rings is 5. The lowest BCUT2D eigenvalue weighted by atomic mass is 9.64. The van der Waals surface area contributed by atoms with Gasteiger partial charge in [-0.2, -0.15) is 0 Å². The SMILES string of the molecule is c1ccc(B2N(c3ccccc3)c3ccccc3-n3c(nc4ccccc43)-c3nc4ccccc4n32)cc1. The van der Waals surface area contributed by atoms with E-state index >= 15 is 0 Å². The number of hydrogen-bond donors (Lipinski definition) is 0. The highest BCUT2D eigenvalue weighted by atomic mass is 15.3. The van der Waals surface area contributed by atoms with E-state index in [4.69, 9.17) is 9.97 Å². The van der Waals surface area contributed by atoms with Crippen LogP contribution in [0.1, 0.15) is 0 Å². The summed E-state index contributed by atoms with van der Waals surface area (Å²) in [5.41, 5.74) is 8.45. The van der Waals surface area contributed by atoms with Crippen molar-refractivity contribution >= 4 is 45.9 Å². The number of nitrogens with zero attached hydrogens (tertiary/aromatic N) is 5. The van der Waals surface area contributed by atoms with Gasteiger partial charge in [0.2, 0.25) is 0 Å². The summed E-state index contributed by atoms with van der Waals surface area (Å²) in [5, 5.41) is 0. The van der Waals surface area contributed by atoms with Gasteiger partial charge in [0.05, 0.1) is 33.4 Å². The van der Waals surface area contributed by atoms with Crippen LogP contribution in [0.25, 0.3) is 39.4 Å². The molecule has 0 aliphatic carbocycles. The Kier molecular flexibility index (Phi) is 4.55. The lowest BCUT2D eigenvalue weighted by molar-refractivity contribution is 1.02. The molecule has 3 heterocycles. The predicted molar refractivity (Wildman–Crippen MR) is 156 cm³/mol. The van der Waals surface area contributed by atoms with Crippen molar-refractivity contribution in [2.75, 3.05) is 4.81 Å². The van der Waals surface area contributed by atoms with Crippen molar-refractivity contribution in [3.05, 3.63) is 133 Å². The molecule has 0 amide bonds. The van der Waals surface area contributed by atoms with Gasteiger partial charge in [-0.1, -0.05) is 84.9 Å². The van der Waals surface area contributed by atoms with Crippen molar-refractivity contribution in [1.82, 2.24) is 19.0 Å². The average molecular weight is 487 g/mol. The average Bonchev–Trinajstić information content (AvgIpc) is 3.54. The van der Waals surface area contributed by atoms with E-state index in [1.807, 2.05) is 12.1 Å². The van der Waals surface area contributed by atoms with Crippen molar-refractivity contribution in [2.45, 2.75) is 0 Å². The van der Waals surface area contributed by atoms with Gasteiger partial charge in [-0.3, -0.25) is 4.57 Å². The van der Waals surface area contributed by atoms with E-state index in [1.165, 1.54) is 5.46 Å². The number of rotatable bonds is 2. The highest BCUT2D eigenvalue weighted by Crippen LogP contribution is 2.40. The van der Waals surface area contributed by atoms with Gasteiger partial charge in [-0.25, -0.2) is 9.97 Å². The lowest BCUT2D eigenvalue weighted by Gasteiger charge is -2.36. The first-order valence-corrected chi connectivity index (χ1v) is 12.8. The molecule has 1 aliphatic heterocycles. The Hall–Kier alpha value is -5.10. The summed E-state index contributed by atoms with van der Waals surface area (Å²) in [6, 6.07) is 46.6. The van der Waals surface area contributed by atoms with Gasteiger partial charge in [0, 0.05) is 5.69 Å². The zero-order valence-electron chi connectivity index (χ0n) is 20.5. The molecule has 5 aromatic carbocycles. The first kappa shape index (κ1) is 21.0. The second kappa shape index (κ2) is 8.22. The molecule has 178 valence electrons. The van der Waals surface area contributed by atoms with Crippen LogP contribution >= 0.6 is 0 Å². The number of anilines is 2. The molecular weight excluding hydrogens is 465 g/mol. The predicted octanol–water partition coefficient (Wildman–Crippen LogP) is 6.44. The van der Waals surface area contributed by atoms with Crippen molar-refractivity contribution < 1.29 is 0 Å². The minimum absolute atomic E-state index is 0.198. The van der Waals surface area contributed by atoms with Crippen molar-refractivity contribution in [2.24, 2.45) is 0 Å². The van der Waals surface area contributed by atoms with Crippen LogP contribution in [0, 0.1) is 0 Å². The van der Waals surface area contributed by atoms with Crippen molar-refractivity contribution in [3.8, 4) is 17.3 Å². The van der Waals surface area contributed by atoms with E-state index in [1.54, 1.807) is 0 Å². The third kappa shape index (κ3) is 3.00. The van der Waals surface area contributed by atoms with Crippen molar-refractivity contribution in [3.63, 3.8) is 0 Å². The first-order chi connectivity index (χ1) is 18.9. The summed E-state index contributed by atoms with van der Waals surface area (Å²) in [5.74, 6) is 1.68. The number of para-hydroxylation sites is 7. The molecule has 0 unspecified atom stereocenters. The van der Waals surface area contributed by atoms with Crippen LogP contribution in [0.5, 0.6) is 0 Å². The number of imidazole rings is 2. The minimum Gasteiger partial charge on any atom is -0.360 e. The largest absolute Gasteiger partial charge is 0.422 e. The molecule has 0 fully saturated rings. The molecule has 2 aromatic heterocycles. The quantitative estimate of drug-likeness (QED) is 0.264. The van der Waals surface area contributed by atoms with Crippen LogP contribution in [0.2, 0.25) is 0 Å². The highest BCUT2D eigenvalue weighted by Gasteiger charge is 2.38. The van der Waals surface area contributed by atoms with Gasteiger partial charge in [-0.05, 0) is 54.0 Å². The van der Waals surface area contributed by atoms with Crippen molar-refractivity contribution in [1.29, 1.82) is 0 Å². The van der Waals surface area contributed by atoms with Gasteiger partial charge in [0.1, 0.15) is 0 Å². The Morgan fingerprint density at radius 3 is 1.79 bits per heavy atom. The fourth-order valence-electron chi connectivity index (χ4n) is 5.77. The summed E-state index contributed by atoms with van der Waals surface area (Å²) in [6.07, 6.45) is 0. The molecule has 8 rings (SSSR count). The monoisotopic (exact) mass is 487 g/mol. The number of hydrogen-bond acceptors (Lipinski definition) is 3. The summed E-state index contributed by atoms with van der Waals surface area (Å²) in [4.78, 5) is 12.8. The fraction of sp³-hybridized carbons (Fsp3) is 0. The molecule has 0 radical (unpaired) electrons. The molecule has 6 heteroatoms. The van der Waals surface area contributed by atoms with E-state index < -0.39 is 0 Å². The Morgan fingerprint density at radius 1 is 0.474 bits per heavy atom. The Morgan fingerprint density at radius 2 is 1.03 bits per heavy atom. The maximum absolute atomic E-state index is 5.22. The first-order valence-electron chi connectivity index (χ1n) is 12.8. The Labute approximate surface area is 220 Å². The van der Waals surface area contributed by atoms with E-state index in [0.29, 0.717) is 0 Å².